The molecule has 0 heterocycles. The van der Waals surface area contributed by atoms with E-state index in [2.05, 4.69) is 15.0 Å². The maximum Gasteiger partial charge on any atom is 0.276 e. The highest BCUT2D eigenvalue weighted by Gasteiger charge is 2.30. The van der Waals surface area contributed by atoms with Gasteiger partial charge in [0.2, 0.25) is 10.0 Å². The van der Waals surface area contributed by atoms with E-state index in [9.17, 15) is 13.2 Å². The second-order valence-electron chi connectivity index (χ2n) is 4.29. The number of rotatable bonds is 5. The molecule has 0 unspecified atom stereocenters. The highest BCUT2D eigenvalue weighted by molar-refractivity contribution is 7.89. The molecule has 9 heteroatoms. The van der Waals surface area contributed by atoms with Crippen LogP contribution in [0.15, 0.2) is 17.0 Å². The minimum atomic E-state index is -3.78. The molecule has 110 valence electrons. The molecule has 0 radical (unpaired) electrons. The number of hydroxylamine groups is 1. The van der Waals surface area contributed by atoms with Crippen LogP contribution in [0, 0.1) is 0 Å². The van der Waals surface area contributed by atoms with Crippen molar-refractivity contribution in [3.63, 3.8) is 0 Å². The summed E-state index contributed by atoms with van der Waals surface area (Å²) in [6.45, 7) is 0. The second kappa shape index (κ2) is 5.87. The average Bonchev–Trinajstić information content (AvgIpc) is 3.11. The van der Waals surface area contributed by atoms with Gasteiger partial charge in [-0.15, -0.1) is 0 Å². The first-order valence-electron chi connectivity index (χ1n) is 5.70. The van der Waals surface area contributed by atoms with Crippen molar-refractivity contribution >= 4 is 39.1 Å². The molecule has 0 aliphatic heterocycles. The summed E-state index contributed by atoms with van der Waals surface area (Å²) in [5.74, 6) is -0.656. The van der Waals surface area contributed by atoms with E-state index in [4.69, 9.17) is 23.2 Å². The first-order valence-corrected chi connectivity index (χ1v) is 7.94. The summed E-state index contributed by atoms with van der Waals surface area (Å²) >= 11 is 11.8. The van der Waals surface area contributed by atoms with Gasteiger partial charge in [0.25, 0.3) is 5.91 Å². The molecule has 0 saturated heterocycles. The quantitative estimate of drug-likeness (QED) is 0.800. The standard InChI is InChI=1S/C11H12Cl2N2O4S/c1-19-14-11(16)7-4-10(9(13)5-8(7)12)20(17,18)15-6-2-3-6/h4-6,15H,2-3H2,1H3,(H,14,16). The number of carbonyl (C=O) groups is 1. The molecule has 0 aromatic heterocycles. The lowest BCUT2D eigenvalue weighted by Crippen LogP contribution is -2.27. The Hall–Kier alpha value is -0.860. The largest absolute Gasteiger partial charge is 0.277 e. The van der Waals surface area contributed by atoms with Crippen LogP contribution in [-0.2, 0) is 14.9 Å². The third-order valence-electron chi connectivity index (χ3n) is 2.65. The molecule has 1 aliphatic carbocycles. The van der Waals surface area contributed by atoms with Crippen LogP contribution in [0.3, 0.4) is 0 Å². The molecule has 1 aromatic rings. The third-order valence-corrected chi connectivity index (χ3v) is 4.95. The molecule has 20 heavy (non-hydrogen) atoms. The van der Waals surface area contributed by atoms with Gasteiger partial charge >= 0.3 is 0 Å². The van der Waals surface area contributed by atoms with Crippen molar-refractivity contribution in [3.05, 3.63) is 27.7 Å². The van der Waals surface area contributed by atoms with Gasteiger partial charge in [-0.1, -0.05) is 23.2 Å². The molecule has 1 aromatic carbocycles. The number of carbonyl (C=O) groups excluding carboxylic acids is 1. The van der Waals surface area contributed by atoms with Crippen molar-refractivity contribution in [1.82, 2.24) is 10.2 Å². The number of hydrogen-bond donors (Lipinski definition) is 2. The van der Waals surface area contributed by atoms with E-state index in [0.717, 1.165) is 18.9 Å². The molecule has 1 amide bonds. The van der Waals surface area contributed by atoms with Gasteiger partial charge in [0.05, 0.1) is 22.7 Å². The van der Waals surface area contributed by atoms with E-state index in [1.165, 1.54) is 13.2 Å². The summed E-state index contributed by atoms with van der Waals surface area (Å²) in [7, 11) is -2.52. The molecule has 0 bridgehead atoms. The van der Waals surface area contributed by atoms with Crippen molar-refractivity contribution in [1.29, 1.82) is 0 Å². The molecule has 0 spiro atoms. The average molecular weight is 339 g/mol. The lowest BCUT2D eigenvalue weighted by atomic mass is 10.2. The van der Waals surface area contributed by atoms with Gasteiger partial charge in [-0.3, -0.25) is 9.63 Å². The first kappa shape index (κ1) is 15.5. The Bertz CT molecular complexity index is 644. The normalized spacial score (nSPS) is 15.2. The number of hydrogen-bond acceptors (Lipinski definition) is 4. The lowest BCUT2D eigenvalue weighted by molar-refractivity contribution is 0.0537. The van der Waals surface area contributed by atoms with Gasteiger partial charge in [-0.25, -0.2) is 18.6 Å². The fourth-order valence-corrected chi connectivity index (χ4v) is 3.70. The lowest BCUT2D eigenvalue weighted by Gasteiger charge is -2.11. The van der Waals surface area contributed by atoms with Crippen molar-refractivity contribution in [2.45, 2.75) is 23.8 Å². The highest BCUT2D eigenvalue weighted by Crippen LogP contribution is 2.30. The summed E-state index contributed by atoms with van der Waals surface area (Å²) < 4.78 is 26.8. The van der Waals surface area contributed by atoms with E-state index in [1.807, 2.05) is 0 Å². The van der Waals surface area contributed by atoms with E-state index in [0.29, 0.717) is 0 Å². The van der Waals surface area contributed by atoms with Crippen LogP contribution >= 0.6 is 23.2 Å². The van der Waals surface area contributed by atoms with E-state index in [1.54, 1.807) is 0 Å². The molecule has 2 rings (SSSR count). The third kappa shape index (κ3) is 3.42. The zero-order valence-corrected chi connectivity index (χ0v) is 12.8. The molecule has 1 saturated carbocycles. The maximum atomic E-state index is 12.1. The zero-order valence-electron chi connectivity index (χ0n) is 10.4. The van der Waals surface area contributed by atoms with E-state index >= 15 is 0 Å². The van der Waals surface area contributed by atoms with Gasteiger partial charge in [0.1, 0.15) is 4.90 Å². The SMILES string of the molecule is CONC(=O)c1cc(S(=O)(=O)NC2CC2)c(Cl)cc1Cl. The summed E-state index contributed by atoms with van der Waals surface area (Å²) in [5, 5.41) is -0.00737. The van der Waals surface area contributed by atoms with Crippen molar-refractivity contribution in [3.8, 4) is 0 Å². The summed E-state index contributed by atoms with van der Waals surface area (Å²) in [6.07, 6.45) is 1.59. The van der Waals surface area contributed by atoms with Crippen molar-refractivity contribution in [2.24, 2.45) is 0 Å². The molecular formula is C11H12Cl2N2O4S. The fraction of sp³-hybridized carbons (Fsp3) is 0.364. The number of benzene rings is 1. The summed E-state index contributed by atoms with van der Waals surface area (Å²) in [4.78, 5) is 16.0. The fourth-order valence-electron chi connectivity index (χ4n) is 1.54. The van der Waals surface area contributed by atoms with Crippen LogP contribution in [0.25, 0.3) is 0 Å². The van der Waals surface area contributed by atoms with E-state index < -0.39 is 15.9 Å². The Morgan fingerprint density at radius 3 is 2.50 bits per heavy atom. The molecule has 6 nitrogen and oxygen atoms in total. The molecular weight excluding hydrogens is 327 g/mol. The Morgan fingerprint density at radius 2 is 1.95 bits per heavy atom. The summed E-state index contributed by atoms with van der Waals surface area (Å²) in [6, 6.07) is 2.28. The predicted octanol–water partition coefficient (Wildman–Crippen LogP) is 1.73. The monoisotopic (exact) mass is 338 g/mol. The van der Waals surface area contributed by atoms with Gasteiger partial charge in [0, 0.05) is 6.04 Å². The van der Waals surface area contributed by atoms with Crippen LogP contribution in [0.4, 0.5) is 0 Å². The van der Waals surface area contributed by atoms with Crippen LogP contribution in [0.1, 0.15) is 23.2 Å². The number of sulfonamides is 1. The van der Waals surface area contributed by atoms with Gasteiger partial charge in [0.15, 0.2) is 0 Å². The number of amides is 1. The van der Waals surface area contributed by atoms with Crippen LogP contribution in [-0.4, -0.2) is 27.5 Å². The molecule has 0 atom stereocenters. The van der Waals surface area contributed by atoms with Gasteiger partial charge in [-0.05, 0) is 25.0 Å². The topological polar surface area (TPSA) is 84.5 Å². The number of nitrogens with one attached hydrogen (secondary N) is 2. The Morgan fingerprint density at radius 1 is 1.30 bits per heavy atom. The number of halogens is 2. The minimum Gasteiger partial charge on any atom is -0.277 e. The Labute approximate surface area is 126 Å². The van der Waals surface area contributed by atoms with Crippen LogP contribution < -0.4 is 10.2 Å². The van der Waals surface area contributed by atoms with Gasteiger partial charge < -0.3 is 0 Å². The second-order valence-corrected chi connectivity index (χ2v) is 6.79. The zero-order chi connectivity index (χ0) is 14.9. The van der Waals surface area contributed by atoms with Crippen molar-refractivity contribution < 1.29 is 18.0 Å². The molecule has 1 fully saturated rings. The first-order chi connectivity index (χ1) is 9.35. The maximum absolute atomic E-state index is 12.1. The Kier molecular flexibility index (Phi) is 4.55. The van der Waals surface area contributed by atoms with E-state index in [-0.39, 0.29) is 26.5 Å². The molecule has 2 N–H and O–H groups in total. The van der Waals surface area contributed by atoms with Gasteiger partial charge in [-0.2, -0.15) is 0 Å². The highest BCUT2D eigenvalue weighted by atomic mass is 35.5. The molecule has 1 aliphatic rings. The van der Waals surface area contributed by atoms with Crippen LogP contribution in [0.5, 0.6) is 0 Å². The van der Waals surface area contributed by atoms with Crippen molar-refractivity contribution in [2.75, 3.05) is 7.11 Å². The summed E-state index contributed by atoms with van der Waals surface area (Å²) in [5.41, 5.74) is 2.04. The predicted molar refractivity (Wildman–Crippen MR) is 74.3 cm³/mol. The smallest absolute Gasteiger partial charge is 0.276 e. The Balaban J connectivity index is 2.42. The minimum absolute atomic E-state index is 0.0333. The van der Waals surface area contributed by atoms with Crippen LogP contribution in [0.2, 0.25) is 10.0 Å².